The first-order valence-electron chi connectivity index (χ1n) is 7.93. The Balaban J connectivity index is 1.58. The van der Waals surface area contributed by atoms with Gasteiger partial charge in [0, 0.05) is 16.7 Å². The van der Waals surface area contributed by atoms with Crippen LogP contribution in [-0.4, -0.2) is 52.9 Å². The summed E-state index contributed by atoms with van der Waals surface area (Å²) in [5.41, 5.74) is 0.619. The van der Waals surface area contributed by atoms with Crippen LogP contribution in [0.5, 0.6) is 0 Å². The molecule has 0 bridgehead atoms. The Morgan fingerprint density at radius 3 is 2.89 bits per heavy atom. The predicted molar refractivity (Wildman–Crippen MR) is 94.7 cm³/mol. The highest BCUT2D eigenvalue weighted by Gasteiger charge is 2.16. The molecule has 146 valence electrons. The van der Waals surface area contributed by atoms with Crippen LogP contribution in [0.15, 0.2) is 24.0 Å². The smallest absolute Gasteiger partial charge is 0.466 e. The Morgan fingerprint density at radius 1 is 1.36 bits per heavy atom. The van der Waals surface area contributed by atoms with Crippen LogP contribution in [-0.2, 0) is 22.6 Å². The molecule has 13 nitrogen and oxygen atoms in total. The summed E-state index contributed by atoms with van der Waals surface area (Å²) in [6, 6.07) is 1.48. The average molecular weight is 406 g/mol. The summed E-state index contributed by atoms with van der Waals surface area (Å²) in [6.07, 6.45) is 2.75. The lowest BCUT2D eigenvalue weighted by Gasteiger charge is -2.00. The summed E-state index contributed by atoms with van der Waals surface area (Å²) in [7, 11) is 0. The molecule has 0 unspecified atom stereocenters. The average Bonchev–Trinajstić information content (AvgIpc) is 3.37. The van der Waals surface area contributed by atoms with Crippen molar-refractivity contribution in [3.63, 3.8) is 0 Å². The zero-order valence-electron chi connectivity index (χ0n) is 14.5. The van der Waals surface area contributed by atoms with Crippen LogP contribution in [0.2, 0.25) is 0 Å². The molecule has 3 aromatic heterocycles. The number of nitrogens with zero attached hydrogens (tertiary/aromatic N) is 7. The van der Waals surface area contributed by atoms with Crippen molar-refractivity contribution in [3.05, 3.63) is 45.5 Å². The summed E-state index contributed by atoms with van der Waals surface area (Å²) in [5, 5.41) is 22.9. The number of anilines is 1. The molecule has 0 saturated carbocycles. The van der Waals surface area contributed by atoms with Gasteiger partial charge in [-0.05, 0) is 17.9 Å². The molecular weight excluding hydrogens is 392 g/mol. The minimum absolute atomic E-state index is 0.0267. The number of hydrogen-bond acceptors (Lipinski definition) is 10. The maximum Gasteiger partial charge on any atom is 0.491 e. The van der Waals surface area contributed by atoms with Crippen LogP contribution < -0.4 is 5.32 Å². The molecule has 1 N–H and O–H groups in total. The highest BCUT2D eigenvalue weighted by Crippen LogP contribution is 2.17. The topological polar surface area (TPSA) is 160 Å². The van der Waals surface area contributed by atoms with Gasteiger partial charge in [-0.25, -0.2) is 9.67 Å². The van der Waals surface area contributed by atoms with Crippen molar-refractivity contribution in [1.29, 1.82) is 0 Å². The van der Waals surface area contributed by atoms with Crippen molar-refractivity contribution >= 4 is 34.3 Å². The molecule has 28 heavy (non-hydrogen) atoms. The molecule has 1 amide bonds. The molecule has 0 aliphatic carbocycles. The number of carbonyl (C=O) groups is 2. The van der Waals surface area contributed by atoms with Gasteiger partial charge < -0.3 is 14.9 Å². The SMILES string of the molecule is CCOC(=O)Cc1csc(NC(=O)c2ccn(Cn3cnc([N+](=O)[O-])n3)n2)n1. The van der Waals surface area contributed by atoms with Gasteiger partial charge in [-0.15, -0.1) is 11.3 Å². The Labute approximate surface area is 161 Å². The number of nitrogens with one attached hydrogen (secondary N) is 1. The Hall–Kier alpha value is -3.68. The second-order valence-corrected chi connectivity index (χ2v) is 6.16. The van der Waals surface area contributed by atoms with Crippen LogP contribution >= 0.6 is 11.3 Å². The van der Waals surface area contributed by atoms with Crippen LogP contribution in [0.4, 0.5) is 11.1 Å². The van der Waals surface area contributed by atoms with Crippen molar-refractivity contribution in [1.82, 2.24) is 29.5 Å². The van der Waals surface area contributed by atoms with Gasteiger partial charge in [-0.3, -0.25) is 14.9 Å². The van der Waals surface area contributed by atoms with Crippen LogP contribution in [0.1, 0.15) is 23.1 Å². The summed E-state index contributed by atoms with van der Waals surface area (Å²) < 4.78 is 7.44. The Kier molecular flexibility index (Phi) is 5.69. The minimum Gasteiger partial charge on any atom is -0.466 e. The van der Waals surface area contributed by atoms with Crippen molar-refractivity contribution in [2.24, 2.45) is 0 Å². The van der Waals surface area contributed by atoms with E-state index in [-0.39, 0.29) is 25.4 Å². The molecule has 3 heterocycles. The molecule has 14 heteroatoms. The molecule has 0 fully saturated rings. The number of nitro groups is 1. The largest absolute Gasteiger partial charge is 0.491 e. The van der Waals surface area contributed by atoms with Crippen LogP contribution in [0, 0.1) is 10.1 Å². The van der Waals surface area contributed by atoms with E-state index in [2.05, 4.69) is 25.5 Å². The van der Waals surface area contributed by atoms with E-state index in [4.69, 9.17) is 4.74 Å². The van der Waals surface area contributed by atoms with Gasteiger partial charge >= 0.3 is 11.9 Å². The molecule has 0 aliphatic heterocycles. The Morgan fingerprint density at radius 2 is 2.18 bits per heavy atom. The fourth-order valence-corrected chi connectivity index (χ4v) is 2.82. The van der Waals surface area contributed by atoms with Gasteiger partial charge in [-0.2, -0.15) is 9.78 Å². The van der Waals surface area contributed by atoms with Crippen molar-refractivity contribution in [2.45, 2.75) is 20.0 Å². The first kappa shape index (κ1) is 19.1. The number of thiazole rings is 1. The van der Waals surface area contributed by atoms with E-state index in [9.17, 15) is 19.7 Å². The third kappa shape index (κ3) is 4.73. The molecule has 0 saturated heterocycles. The standard InChI is InChI=1S/C14H14N8O5S/c1-2-27-11(23)5-9-6-28-14(16-9)17-12(24)10-3-4-20(18-10)8-21-7-15-13(19-21)22(25)26/h3-4,6-7H,2,5,8H2,1H3,(H,16,17,24). The fourth-order valence-electron chi connectivity index (χ4n) is 2.11. The molecule has 0 atom stereocenters. The van der Waals surface area contributed by atoms with Gasteiger partial charge in [0.15, 0.2) is 17.5 Å². The molecule has 0 aromatic carbocycles. The molecule has 0 spiro atoms. The second kappa shape index (κ2) is 8.34. The lowest BCUT2D eigenvalue weighted by atomic mass is 10.3. The van der Waals surface area contributed by atoms with E-state index in [1.165, 1.54) is 39.3 Å². The summed E-state index contributed by atoms with van der Waals surface area (Å²) in [6.45, 7) is 2.06. The maximum atomic E-state index is 12.3. The number of amides is 1. The van der Waals surface area contributed by atoms with Crippen molar-refractivity contribution < 1.29 is 19.2 Å². The molecule has 0 radical (unpaired) electrons. The highest BCUT2D eigenvalue weighted by molar-refractivity contribution is 7.14. The maximum absolute atomic E-state index is 12.3. The van der Waals surface area contributed by atoms with Gasteiger partial charge in [0.2, 0.25) is 6.33 Å². The van der Waals surface area contributed by atoms with E-state index in [1.807, 2.05) is 0 Å². The predicted octanol–water partition coefficient (Wildman–Crippen LogP) is 0.703. The monoisotopic (exact) mass is 406 g/mol. The van der Waals surface area contributed by atoms with Crippen LogP contribution in [0.3, 0.4) is 0 Å². The van der Waals surface area contributed by atoms with Gasteiger partial charge in [0.25, 0.3) is 5.91 Å². The Bertz CT molecular complexity index is 1010. The molecule has 0 aliphatic rings. The van der Waals surface area contributed by atoms with E-state index in [0.29, 0.717) is 10.8 Å². The lowest BCUT2D eigenvalue weighted by molar-refractivity contribution is -0.394. The van der Waals surface area contributed by atoms with Gasteiger partial charge in [0.05, 0.1) is 18.7 Å². The number of ether oxygens (including phenoxy) is 1. The number of rotatable bonds is 8. The summed E-state index contributed by atoms with van der Waals surface area (Å²) in [5.74, 6) is -1.40. The third-order valence-corrected chi connectivity index (χ3v) is 4.06. The first-order chi connectivity index (χ1) is 13.4. The lowest BCUT2D eigenvalue weighted by Crippen LogP contribution is -2.15. The van der Waals surface area contributed by atoms with E-state index in [1.54, 1.807) is 12.3 Å². The quantitative estimate of drug-likeness (QED) is 0.322. The van der Waals surface area contributed by atoms with E-state index in [0.717, 1.165) is 0 Å². The van der Waals surface area contributed by atoms with E-state index >= 15 is 0 Å². The number of aromatic nitrogens is 6. The number of hydrogen-bond donors (Lipinski definition) is 1. The highest BCUT2D eigenvalue weighted by atomic mass is 32.1. The number of esters is 1. The van der Waals surface area contributed by atoms with Gasteiger partial charge in [0.1, 0.15) is 0 Å². The van der Waals surface area contributed by atoms with Crippen molar-refractivity contribution in [2.75, 3.05) is 11.9 Å². The summed E-state index contributed by atoms with van der Waals surface area (Å²) in [4.78, 5) is 41.3. The fraction of sp³-hybridized carbons (Fsp3) is 0.286. The van der Waals surface area contributed by atoms with Gasteiger partial charge in [-0.1, -0.05) is 4.98 Å². The van der Waals surface area contributed by atoms with E-state index < -0.39 is 22.7 Å². The van der Waals surface area contributed by atoms with Crippen LogP contribution in [0.25, 0.3) is 0 Å². The molecule has 3 aromatic rings. The second-order valence-electron chi connectivity index (χ2n) is 5.30. The molecular formula is C14H14N8O5S. The summed E-state index contributed by atoms with van der Waals surface area (Å²) >= 11 is 1.18. The zero-order valence-corrected chi connectivity index (χ0v) is 15.3. The molecule has 3 rings (SSSR count). The minimum atomic E-state index is -0.706. The van der Waals surface area contributed by atoms with Crippen molar-refractivity contribution in [3.8, 4) is 0 Å². The zero-order chi connectivity index (χ0) is 20.1. The third-order valence-electron chi connectivity index (χ3n) is 3.25. The normalized spacial score (nSPS) is 10.6. The number of carbonyl (C=O) groups excluding carboxylic acids is 2. The first-order valence-corrected chi connectivity index (χ1v) is 8.81.